The van der Waals surface area contributed by atoms with E-state index in [9.17, 15) is 8.42 Å². The minimum absolute atomic E-state index is 0.164. The van der Waals surface area contributed by atoms with Crippen LogP contribution in [-0.2, 0) is 16.6 Å². The van der Waals surface area contributed by atoms with E-state index in [4.69, 9.17) is 11.6 Å². The first kappa shape index (κ1) is 17.2. The number of anilines is 1. The second kappa shape index (κ2) is 6.35. The van der Waals surface area contributed by atoms with E-state index in [0.29, 0.717) is 23.8 Å². The third kappa shape index (κ3) is 3.01. The lowest BCUT2D eigenvalue weighted by molar-refractivity contribution is 0.340. The van der Waals surface area contributed by atoms with Crippen molar-refractivity contribution < 1.29 is 8.42 Å². The number of aromatic nitrogens is 1. The van der Waals surface area contributed by atoms with E-state index in [0.717, 1.165) is 11.3 Å². The van der Waals surface area contributed by atoms with Crippen LogP contribution in [-0.4, -0.2) is 37.3 Å². The molecule has 0 aliphatic carbocycles. The molecule has 0 radical (unpaired) electrons. The van der Waals surface area contributed by atoms with E-state index in [1.54, 1.807) is 17.3 Å². The predicted octanol–water partition coefficient (Wildman–Crippen LogP) is 3.07. The number of aryl methyl sites for hydroxylation is 1. The molecule has 2 aromatic rings. The normalized spacial score (nSPS) is 19.0. The lowest BCUT2D eigenvalue weighted by Crippen LogP contribution is -2.41. The number of para-hydroxylation sites is 1. The van der Waals surface area contributed by atoms with Crippen molar-refractivity contribution in [3.63, 3.8) is 0 Å². The number of nitrogens with zero attached hydrogens (tertiary/aromatic N) is 3. The van der Waals surface area contributed by atoms with Crippen LogP contribution >= 0.6 is 11.6 Å². The van der Waals surface area contributed by atoms with Gasteiger partial charge in [0, 0.05) is 38.1 Å². The molecule has 0 N–H and O–H groups in total. The molecule has 2 heterocycles. The average molecular weight is 366 g/mol. The molecule has 0 spiro atoms. The van der Waals surface area contributed by atoms with Gasteiger partial charge in [0.1, 0.15) is 10.0 Å². The smallest absolute Gasteiger partial charge is 0.245 e. The lowest BCUT2D eigenvalue weighted by atomic mass is 10.1. The summed E-state index contributed by atoms with van der Waals surface area (Å²) in [6.45, 7) is 4.64. The Morgan fingerprint density at radius 1 is 1.29 bits per heavy atom. The summed E-state index contributed by atoms with van der Waals surface area (Å²) in [5.74, 6) is 0. The van der Waals surface area contributed by atoms with Crippen molar-refractivity contribution in [2.75, 3.05) is 18.5 Å². The van der Waals surface area contributed by atoms with E-state index in [-0.39, 0.29) is 10.9 Å². The van der Waals surface area contributed by atoms with Gasteiger partial charge in [0.15, 0.2) is 0 Å². The van der Waals surface area contributed by atoms with Crippen LogP contribution in [0.2, 0.25) is 5.15 Å². The molecule has 24 heavy (non-hydrogen) atoms. The maximum absolute atomic E-state index is 13.2. The van der Waals surface area contributed by atoms with Crippen LogP contribution in [0.5, 0.6) is 0 Å². The maximum Gasteiger partial charge on any atom is 0.245 e. The number of fused-ring (bicyclic) bond motifs is 1. The molecule has 1 aliphatic heterocycles. The van der Waals surface area contributed by atoms with Gasteiger partial charge in [-0.1, -0.05) is 29.8 Å². The molecule has 0 saturated carbocycles. The summed E-state index contributed by atoms with van der Waals surface area (Å²) in [5.41, 5.74) is 2.71. The van der Waals surface area contributed by atoms with Crippen LogP contribution in [0.3, 0.4) is 0 Å². The van der Waals surface area contributed by atoms with Gasteiger partial charge in [-0.3, -0.25) is 0 Å². The van der Waals surface area contributed by atoms with Crippen LogP contribution in [0.1, 0.15) is 18.1 Å². The first-order chi connectivity index (χ1) is 11.3. The summed E-state index contributed by atoms with van der Waals surface area (Å²) in [5, 5.41) is 0.322. The van der Waals surface area contributed by atoms with E-state index < -0.39 is 10.0 Å². The Morgan fingerprint density at radius 2 is 2.00 bits per heavy atom. The summed E-state index contributed by atoms with van der Waals surface area (Å²) in [4.78, 5) is 6.27. The van der Waals surface area contributed by atoms with Crippen LogP contribution in [0.4, 0.5) is 5.69 Å². The van der Waals surface area contributed by atoms with Crippen molar-refractivity contribution >= 4 is 27.3 Å². The molecule has 0 unspecified atom stereocenters. The number of rotatable bonds is 2. The summed E-state index contributed by atoms with van der Waals surface area (Å²) in [6.07, 6.45) is 1.33. The molecule has 5 nitrogen and oxygen atoms in total. The van der Waals surface area contributed by atoms with Crippen molar-refractivity contribution in [2.24, 2.45) is 0 Å². The van der Waals surface area contributed by atoms with E-state index in [1.165, 1.54) is 6.20 Å². The number of sulfonamides is 1. The zero-order valence-electron chi connectivity index (χ0n) is 13.9. The third-order valence-electron chi connectivity index (χ3n) is 4.35. The minimum atomic E-state index is -3.65. The van der Waals surface area contributed by atoms with Crippen LogP contribution in [0.25, 0.3) is 0 Å². The summed E-state index contributed by atoms with van der Waals surface area (Å²) in [7, 11) is -1.67. The molecule has 3 rings (SSSR count). The first-order valence-corrected chi connectivity index (χ1v) is 9.55. The molecule has 7 heteroatoms. The van der Waals surface area contributed by atoms with Gasteiger partial charge in [-0.25, -0.2) is 13.4 Å². The van der Waals surface area contributed by atoms with Crippen LogP contribution < -0.4 is 4.90 Å². The van der Waals surface area contributed by atoms with Gasteiger partial charge in [-0.15, -0.1) is 0 Å². The number of benzene rings is 1. The van der Waals surface area contributed by atoms with Gasteiger partial charge in [-0.05, 0) is 37.1 Å². The van der Waals surface area contributed by atoms with Crippen molar-refractivity contribution in [2.45, 2.75) is 31.3 Å². The largest absolute Gasteiger partial charge is 0.373 e. The zero-order chi connectivity index (χ0) is 17.5. The molecule has 0 saturated heterocycles. The van der Waals surface area contributed by atoms with E-state index in [2.05, 4.69) is 9.88 Å². The number of likely N-dealkylation sites (N-methyl/N-ethyl adjacent to an activating group) is 1. The Labute approximate surface area is 147 Å². The van der Waals surface area contributed by atoms with Gasteiger partial charge in [0.25, 0.3) is 0 Å². The first-order valence-electron chi connectivity index (χ1n) is 7.73. The van der Waals surface area contributed by atoms with Crippen molar-refractivity contribution in [1.82, 2.24) is 9.29 Å². The molecule has 1 atom stereocenters. The van der Waals surface area contributed by atoms with Gasteiger partial charge >= 0.3 is 0 Å². The van der Waals surface area contributed by atoms with Gasteiger partial charge in [-0.2, -0.15) is 4.31 Å². The fraction of sp³-hybridized carbons (Fsp3) is 0.353. The van der Waals surface area contributed by atoms with Crippen LogP contribution in [0.15, 0.2) is 41.4 Å². The summed E-state index contributed by atoms with van der Waals surface area (Å²) in [6, 6.07) is 9.31. The highest BCUT2D eigenvalue weighted by Crippen LogP contribution is 2.30. The van der Waals surface area contributed by atoms with E-state index >= 15 is 0 Å². The fourth-order valence-corrected chi connectivity index (χ4v) is 4.79. The monoisotopic (exact) mass is 365 g/mol. The molecule has 1 aliphatic rings. The molecule has 0 fully saturated rings. The zero-order valence-corrected chi connectivity index (χ0v) is 15.5. The fourth-order valence-electron chi connectivity index (χ4n) is 3.06. The molecule has 1 aromatic carbocycles. The van der Waals surface area contributed by atoms with Gasteiger partial charge in [0.2, 0.25) is 10.0 Å². The molecule has 0 bridgehead atoms. The summed E-state index contributed by atoms with van der Waals surface area (Å²) >= 11 is 5.93. The molecule has 1 aromatic heterocycles. The van der Waals surface area contributed by atoms with Crippen molar-refractivity contribution in [1.29, 1.82) is 0 Å². The molecular formula is C17H20ClN3O2S. The average Bonchev–Trinajstić information content (AvgIpc) is 2.67. The Hall–Kier alpha value is -1.63. The topological polar surface area (TPSA) is 53.5 Å². The Morgan fingerprint density at radius 3 is 2.71 bits per heavy atom. The quantitative estimate of drug-likeness (QED) is 0.767. The number of halogens is 1. The van der Waals surface area contributed by atoms with Crippen molar-refractivity contribution in [3.8, 4) is 0 Å². The highest BCUT2D eigenvalue weighted by Gasteiger charge is 2.33. The minimum Gasteiger partial charge on any atom is -0.373 e. The second-order valence-corrected chi connectivity index (χ2v) is 8.44. The molecular weight excluding hydrogens is 346 g/mol. The molecule has 0 amide bonds. The third-order valence-corrected chi connectivity index (χ3v) is 6.68. The Bertz CT molecular complexity index is 870. The highest BCUT2D eigenvalue weighted by atomic mass is 35.5. The Kier molecular flexibility index (Phi) is 4.55. The van der Waals surface area contributed by atoms with Crippen LogP contribution in [0, 0.1) is 6.92 Å². The number of hydrogen-bond donors (Lipinski definition) is 0. The maximum atomic E-state index is 13.2. The predicted molar refractivity (Wildman–Crippen MR) is 95.9 cm³/mol. The van der Waals surface area contributed by atoms with Crippen molar-refractivity contribution in [3.05, 3.63) is 52.8 Å². The Balaban J connectivity index is 2.05. The highest BCUT2D eigenvalue weighted by molar-refractivity contribution is 7.89. The van der Waals surface area contributed by atoms with E-state index in [1.807, 2.05) is 38.2 Å². The lowest BCUT2D eigenvalue weighted by Gasteiger charge is -2.27. The SMILES string of the molecule is Cc1cc(S(=O)(=O)N2Cc3ccccc3N(C)C[C@H]2C)cnc1Cl. The number of hydrogen-bond acceptors (Lipinski definition) is 4. The standard InChI is InChI=1S/C17H20ClN3O2S/c1-12-8-15(9-19-17(12)18)24(22,23)21-11-14-6-4-5-7-16(14)20(3)10-13(21)2/h4-9,13H,10-11H2,1-3H3/t13-/m1/s1. The number of pyridine rings is 1. The second-order valence-electron chi connectivity index (χ2n) is 6.19. The van der Waals surface area contributed by atoms with Gasteiger partial charge in [0.05, 0.1) is 0 Å². The summed E-state index contributed by atoms with van der Waals surface area (Å²) < 4.78 is 27.9. The molecule has 128 valence electrons. The van der Waals surface area contributed by atoms with Gasteiger partial charge < -0.3 is 4.90 Å².